The Bertz CT molecular complexity index is 426. The second kappa shape index (κ2) is 5.89. The fourth-order valence-electron chi connectivity index (χ4n) is 2.20. The van der Waals surface area contributed by atoms with Crippen LogP contribution in [0.25, 0.3) is 0 Å². The van der Waals surface area contributed by atoms with Crippen LogP contribution < -0.4 is 4.74 Å². The summed E-state index contributed by atoms with van der Waals surface area (Å²) in [5, 5.41) is 0. The molecule has 1 aromatic carbocycles. The van der Waals surface area contributed by atoms with Crippen molar-refractivity contribution in [2.75, 3.05) is 6.61 Å². The van der Waals surface area contributed by atoms with Gasteiger partial charge in [0.1, 0.15) is 18.5 Å². The van der Waals surface area contributed by atoms with Crippen LogP contribution in [0.2, 0.25) is 0 Å². The summed E-state index contributed by atoms with van der Waals surface area (Å²) in [6.45, 7) is 4.68. The van der Waals surface area contributed by atoms with Gasteiger partial charge in [-0.05, 0) is 37.0 Å². The van der Waals surface area contributed by atoms with Crippen LogP contribution in [0.15, 0.2) is 18.2 Å². The number of hydrogen-bond donors (Lipinski definition) is 0. The molecule has 1 aliphatic rings. The van der Waals surface area contributed by atoms with Crippen LogP contribution in [0.5, 0.6) is 5.75 Å². The van der Waals surface area contributed by atoms with Gasteiger partial charge in [0.15, 0.2) is 0 Å². The highest BCUT2D eigenvalue weighted by atomic mass is 16.6. The lowest BCUT2D eigenvalue weighted by atomic mass is 10.1. The Labute approximate surface area is 108 Å². The van der Waals surface area contributed by atoms with Crippen LogP contribution in [-0.2, 0) is 16.0 Å². The third-order valence-electron chi connectivity index (χ3n) is 3.17. The number of carbonyl (C=O) groups excluding carboxylic acids is 1. The van der Waals surface area contributed by atoms with Crippen LogP contribution >= 0.6 is 0 Å². The minimum absolute atomic E-state index is 0.0766. The zero-order chi connectivity index (χ0) is 13.0. The molecule has 98 valence electrons. The molecular weight excluding hydrogens is 228 g/mol. The van der Waals surface area contributed by atoms with Crippen molar-refractivity contribution in [2.45, 2.75) is 45.6 Å². The van der Waals surface area contributed by atoms with Gasteiger partial charge in [-0.1, -0.05) is 25.5 Å². The van der Waals surface area contributed by atoms with E-state index in [0.29, 0.717) is 13.0 Å². The SMILES string of the molecule is CCCc1ccc(OC[C@@H]2CCC(=O)O2)c(C)c1. The fraction of sp³-hybridized carbons (Fsp3) is 0.533. The number of rotatable bonds is 5. The Hall–Kier alpha value is -1.51. The van der Waals surface area contributed by atoms with Gasteiger partial charge >= 0.3 is 5.97 Å². The maximum atomic E-state index is 11.0. The summed E-state index contributed by atoms with van der Waals surface area (Å²) in [6, 6.07) is 6.28. The molecule has 0 spiro atoms. The molecule has 1 heterocycles. The van der Waals surface area contributed by atoms with Crippen LogP contribution in [0.1, 0.15) is 37.3 Å². The molecule has 1 atom stereocenters. The van der Waals surface area contributed by atoms with Crippen molar-refractivity contribution in [1.82, 2.24) is 0 Å². The first kappa shape index (κ1) is 12.9. The van der Waals surface area contributed by atoms with Crippen molar-refractivity contribution in [3.8, 4) is 5.75 Å². The van der Waals surface area contributed by atoms with Crippen molar-refractivity contribution in [3.05, 3.63) is 29.3 Å². The first-order valence-corrected chi connectivity index (χ1v) is 6.61. The second-order valence-electron chi connectivity index (χ2n) is 4.81. The van der Waals surface area contributed by atoms with Crippen LogP contribution in [0.4, 0.5) is 0 Å². The van der Waals surface area contributed by atoms with E-state index in [-0.39, 0.29) is 12.1 Å². The van der Waals surface area contributed by atoms with E-state index in [2.05, 4.69) is 26.0 Å². The smallest absolute Gasteiger partial charge is 0.306 e. The Balaban J connectivity index is 1.91. The molecule has 1 aliphatic heterocycles. The first-order chi connectivity index (χ1) is 8.69. The minimum Gasteiger partial charge on any atom is -0.489 e. The minimum atomic E-state index is -0.112. The molecule has 3 nitrogen and oxygen atoms in total. The van der Waals surface area contributed by atoms with E-state index in [0.717, 1.165) is 30.6 Å². The molecule has 0 radical (unpaired) electrons. The summed E-state index contributed by atoms with van der Waals surface area (Å²) >= 11 is 0. The summed E-state index contributed by atoms with van der Waals surface area (Å²) in [5.41, 5.74) is 2.49. The van der Waals surface area contributed by atoms with Crippen LogP contribution in [-0.4, -0.2) is 18.7 Å². The molecule has 0 saturated carbocycles. The molecular formula is C15H20O3. The summed E-state index contributed by atoms with van der Waals surface area (Å²) in [5.74, 6) is 0.774. The zero-order valence-electron chi connectivity index (χ0n) is 11.1. The van der Waals surface area contributed by atoms with E-state index in [1.807, 2.05) is 6.07 Å². The second-order valence-corrected chi connectivity index (χ2v) is 4.81. The van der Waals surface area contributed by atoms with Crippen LogP contribution in [0.3, 0.4) is 0 Å². The molecule has 0 bridgehead atoms. The number of carbonyl (C=O) groups is 1. The topological polar surface area (TPSA) is 35.5 Å². The molecule has 1 saturated heterocycles. The predicted octanol–water partition coefficient (Wildman–Crippen LogP) is 3.03. The standard InChI is InChI=1S/C15H20O3/c1-3-4-12-5-7-14(11(2)9-12)17-10-13-6-8-15(16)18-13/h5,7,9,13H,3-4,6,8,10H2,1-2H3/t13-/m0/s1. The van der Waals surface area contributed by atoms with Crippen molar-refractivity contribution >= 4 is 5.97 Å². The average Bonchev–Trinajstić information content (AvgIpc) is 2.74. The van der Waals surface area contributed by atoms with Crippen molar-refractivity contribution in [3.63, 3.8) is 0 Å². The lowest BCUT2D eigenvalue weighted by molar-refractivity contribution is -0.142. The number of benzene rings is 1. The highest BCUT2D eigenvalue weighted by molar-refractivity contribution is 5.71. The van der Waals surface area contributed by atoms with Gasteiger partial charge in [0.2, 0.25) is 0 Å². The van der Waals surface area contributed by atoms with E-state index in [1.54, 1.807) is 0 Å². The van der Waals surface area contributed by atoms with Gasteiger partial charge in [-0.3, -0.25) is 4.79 Å². The van der Waals surface area contributed by atoms with Gasteiger partial charge in [0.25, 0.3) is 0 Å². The number of aryl methyl sites for hydroxylation is 2. The summed E-state index contributed by atoms with van der Waals surface area (Å²) < 4.78 is 10.8. The van der Waals surface area contributed by atoms with Gasteiger partial charge in [-0.15, -0.1) is 0 Å². The van der Waals surface area contributed by atoms with Gasteiger partial charge in [0, 0.05) is 6.42 Å². The molecule has 0 amide bonds. The number of cyclic esters (lactones) is 1. The van der Waals surface area contributed by atoms with Crippen molar-refractivity contribution in [1.29, 1.82) is 0 Å². The predicted molar refractivity (Wildman–Crippen MR) is 69.8 cm³/mol. The Morgan fingerprint density at radius 1 is 1.44 bits per heavy atom. The van der Waals surface area contributed by atoms with E-state index in [4.69, 9.17) is 9.47 Å². The summed E-state index contributed by atoms with van der Waals surface area (Å²) in [6.07, 6.45) is 3.46. The lowest BCUT2D eigenvalue weighted by Crippen LogP contribution is -2.17. The van der Waals surface area contributed by atoms with Crippen molar-refractivity contribution < 1.29 is 14.3 Å². The molecule has 3 heteroatoms. The highest BCUT2D eigenvalue weighted by Gasteiger charge is 2.23. The monoisotopic (exact) mass is 248 g/mol. The van der Waals surface area contributed by atoms with E-state index in [1.165, 1.54) is 5.56 Å². The normalized spacial score (nSPS) is 18.8. The molecule has 0 aliphatic carbocycles. The average molecular weight is 248 g/mol. The number of hydrogen-bond acceptors (Lipinski definition) is 3. The van der Waals surface area contributed by atoms with Gasteiger partial charge in [-0.25, -0.2) is 0 Å². The van der Waals surface area contributed by atoms with E-state index < -0.39 is 0 Å². The fourth-order valence-corrected chi connectivity index (χ4v) is 2.20. The van der Waals surface area contributed by atoms with E-state index in [9.17, 15) is 4.79 Å². The number of ether oxygens (including phenoxy) is 2. The highest BCUT2D eigenvalue weighted by Crippen LogP contribution is 2.22. The molecule has 0 N–H and O–H groups in total. The molecule has 18 heavy (non-hydrogen) atoms. The quantitative estimate of drug-likeness (QED) is 0.751. The van der Waals surface area contributed by atoms with Gasteiger partial charge in [-0.2, -0.15) is 0 Å². The van der Waals surface area contributed by atoms with Gasteiger partial charge in [0.05, 0.1) is 0 Å². The lowest BCUT2D eigenvalue weighted by Gasteiger charge is -2.13. The molecule has 1 fully saturated rings. The maximum Gasteiger partial charge on any atom is 0.306 e. The van der Waals surface area contributed by atoms with Crippen LogP contribution in [0, 0.1) is 6.92 Å². The first-order valence-electron chi connectivity index (χ1n) is 6.61. The maximum absolute atomic E-state index is 11.0. The third-order valence-corrected chi connectivity index (χ3v) is 3.17. The third kappa shape index (κ3) is 3.25. The Morgan fingerprint density at radius 3 is 2.89 bits per heavy atom. The van der Waals surface area contributed by atoms with E-state index >= 15 is 0 Å². The Kier molecular flexibility index (Phi) is 4.24. The summed E-state index contributed by atoms with van der Waals surface area (Å²) in [4.78, 5) is 11.0. The molecule has 0 unspecified atom stereocenters. The molecule has 2 rings (SSSR count). The largest absolute Gasteiger partial charge is 0.489 e. The Morgan fingerprint density at radius 2 is 2.28 bits per heavy atom. The number of esters is 1. The van der Waals surface area contributed by atoms with Crippen molar-refractivity contribution in [2.24, 2.45) is 0 Å². The summed E-state index contributed by atoms with van der Waals surface area (Å²) in [7, 11) is 0. The zero-order valence-corrected chi connectivity index (χ0v) is 11.1. The molecule has 1 aromatic rings. The molecule has 0 aromatic heterocycles. The van der Waals surface area contributed by atoms with Gasteiger partial charge < -0.3 is 9.47 Å².